The number of rotatable bonds is 5. The Bertz CT molecular complexity index is 618. The molecule has 0 N–H and O–H groups in total. The Labute approximate surface area is 118 Å². The van der Waals surface area contributed by atoms with E-state index in [1.165, 1.54) is 18.0 Å². The number of nitrogens with zero attached hydrogens (tertiary/aromatic N) is 6. The molecule has 0 amide bonds. The van der Waals surface area contributed by atoms with Crippen molar-refractivity contribution in [1.82, 2.24) is 24.7 Å². The van der Waals surface area contributed by atoms with Crippen molar-refractivity contribution in [1.29, 1.82) is 0 Å². The Balaban J connectivity index is 2.35. The fourth-order valence-corrected chi connectivity index (χ4v) is 2.03. The van der Waals surface area contributed by atoms with E-state index in [1.54, 1.807) is 10.9 Å². The molecule has 2 heterocycles. The summed E-state index contributed by atoms with van der Waals surface area (Å²) in [6, 6.07) is 0. The molecule has 0 bridgehead atoms. The Hall–Kier alpha value is -1.77. The van der Waals surface area contributed by atoms with Gasteiger partial charge in [0.1, 0.15) is 0 Å². The quantitative estimate of drug-likeness (QED) is 0.628. The summed E-state index contributed by atoms with van der Waals surface area (Å²) in [4.78, 5) is 0. The molecule has 9 heteroatoms. The summed E-state index contributed by atoms with van der Waals surface area (Å²) in [6.45, 7) is 4.54. The zero-order chi connectivity index (χ0) is 14.7. The number of aryl methyl sites for hydroxylation is 2. The average Bonchev–Trinajstić information content (AvgIpc) is 2.99. The van der Waals surface area contributed by atoms with Gasteiger partial charge in [0.2, 0.25) is 11.0 Å². The maximum atomic E-state index is 12.8. The van der Waals surface area contributed by atoms with Crippen LogP contribution in [0.5, 0.6) is 0 Å². The normalized spacial score (nSPS) is 11.9. The summed E-state index contributed by atoms with van der Waals surface area (Å²) in [7, 11) is 0. The summed E-state index contributed by atoms with van der Waals surface area (Å²) in [5.74, 6) is -0.467. The molecule has 0 aromatic carbocycles. The van der Waals surface area contributed by atoms with Gasteiger partial charge in [-0.1, -0.05) is 11.8 Å². The molecule has 0 aliphatic carbocycles. The first kappa shape index (κ1) is 14.6. The second-order valence-corrected chi connectivity index (χ2v) is 4.70. The third-order valence-corrected chi connectivity index (χ3v) is 3.25. The molecular weight excluding hydrogens is 286 g/mol. The van der Waals surface area contributed by atoms with Crippen LogP contribution in [0.2, 0.25) is 0 Å². The molecule has 0 aliphatic heterocycles. The lowest BCUT2D eigenvalue weighted by molar-refractivity contribution is 0.135. The van der Waals surface area contributed by atoms with Gasteiger partial charge < -0.3 is 0 Å². The summed E-state index contributed by atoms with van der Waals surface area (Å²) in [6.07, 6.45) is 2.30. The van der Waals surface area contributed by atoms with E-state index in [4.69, 9.17) is 0 Å². The van der Waals surface area contributed by atoms with E-state index in [0.717, 1.165) is 22.5 Å². The molecule has 0 spiro atoms. The van der Waals surface area contributed by atoms with Gasteiger partial charge in [0.05, 0.1) is 11.9 Å². The first-order valence-electron chi connectivity index (χ1n) is 5.92. The van der Waals surface area contributed by atoms with Crippen LogP contribution in [-0.2, 0) is 6.54 Å². The van der Waals surface area contributed by atoms with Crippen molar-refractivity contribution in [3.8, 4) is 0 Å². The smallest absolute Gasteiger partial charge is 0.272 e. The first-order valence-corrected chi connectivity index (χ1v) is 7.15. The molecule has 2 aromatic heterocycles. The highest BCUT2D eigenvalue weighted by Crippen LogP contribution is 2.21. The number of thioether (sulfide) groups is 1. The molecule has 0 fully saturated rings. The second-order valence-electron chi connectivity index (χ2n) is 3.93. The molecule has 2 rings (SSSR count). The van der Waals surface area contributed by atoms with Gasteiger partial charge in [0, 0.05) is 18.3 Å². The van der Waals surface area contributed by atoms with Crippen LogP contribution in [0.4, 0.5) is 8.78 Å². The average molecular weight is 300 g/mol. The van der Waals surface area contributed by atoms with E-state index < -0.39 is 12.2 Å². The van der Waals surface area contributed by atoms with Gasteiger partial charge in [-0.15, -0.1) is 10.2 Å². The van der Waals surface area contributed by atoms with Crippen LogP contribution in [0.3, 0.4) is 0 Å². The van der Waals surface area contributed by atoms with Crippen molar-refractivity contribution in [2.45, 2.75) is 32.0 Å². The lowest BCUT2D eigenvalue weighted by Crippen LogP contribution is -2.00. The predicted octanol–water partition coefficient (Wildman–Crippen LogP) is 2.34. The monoisotopic (exact) mass is 300 g/mol. The van der Waals surface area contributed by atoms with Crippen LogP contribution in [-0.4, -0.2) is 37.1 Å². The molecule has 0 aliphatic rings. The van der Waals surface area contributed by atoms with Crippen molar-refractivity contribution in [2.75, 3.05) is 6.26 Å². The summed E-state index contributed by atoms with van der Waals surface area (Å²) < 4.78 is 28.4. The van der Waals surface area contributed by atoms with E-state index in [2.05, 4.69) is 20.4 Å². The van der Waals surface area contributed by atoms with Crippen LogP contribution in [0.15, 0.2) is 16.5 Å². The highest BCUT2D eigenvalue weighted by atomic mass is 32.2. The molecule has 0 saturated heterocycles. The topological polar surface area (TPSA) is 60.9 Å². The molecule has 20 heavy (non-hydrogen) atoms. The van der Waals surface area contributed by atoms with Crippen LogP contribution in [0.1, 0.15) is 30.4 Å². The number of hydrogen-bond donors (Lipinski definition) is 0. The van der Waals surface area contributed by atoms with Gasteiger partial charge in [0.25, 0.3) is 6.43 Å². The number of hydrogen-bond acceptors (Lipinski definition) is 5. The molecule has 0 saturated carbocycles. The van der Waals surface area contributed by atoms with Gasteiger partial charge in [-0.25, -0.2) is 8.78 Å². The van der Waals surface area contributed by atoms with Gasteiger partial charge in [-0.05, 0) is 20.1 Å². The summed E-state index contributed by atoms with van der Waals surface area (Å²) in [5.41, 5.74) is 1.56. The molecular formula is C11H14F2N6S. The fourth-order valence-electron chi connectivity index (χ4n) is 1.59. The minimum absolute atomic E-state index is 0.317. The third-order valence-electron chi connectivity index (χ3n) is 2.63. The largest absolute Gasteiger partial charge is 0.299 e. The molecule has 0 unspecified atom stereocenters. The number of halogens is 2. The lowest BCUT2D eigenvalue weighted by Gasteiger charge is -2.00. The second kappa shape index (κ2) is 6.12. The van der Waals surface area contributed by atoms with E-state index in [0.29, 0.717) is 5.16 Å². The lowest BCUT2D eigenvalue weighted by atomic mass is 10.3. The van der Waals surface area contributed by atoms with E-state index in [1.807, 2.05) is 20.0 Å². The minimum Gasteiger partial charge on any atom is -0.272 e. The van der Waals surface area contributed by atoms with Gasteiger partial charge in [0.15, 0.2) is 0 Å². The Kier molecular flexibility index (Phi) is 4.48. The van der Waals surface area contributed by atoms with Crippen molar-refractivity contribution in [3.63, 3.8) is 0 Å². The number of alkyl halides is 2. The Morgan fingerprint density at radius 2 is 2.20 bits per heavy atom. The molecule has 0 atom stereocenters. The van der Waals surface area contributed by atoms with Crippen LogP contribution < -0.4 is 0 Å². The van der Waals surface area contributed by atoms with Crippen molar-refractivity contribution in [2.24, 2.45) is 5.10 Å². The summed E-state index contributed by atoms with van der Waals surface area (Å²) in [5, 5.41) is 15.8. The molecule has 6 nitrogen and oxygen atoms in total. The van der Waals surface area contributed by atoms with Crippen LogP contribution >= 0.6 is 11.8 Å². The Morgan fingerprint density at radius 3 is 2.75 bits per heavy atom. The maximum absolute atomic E-state index is 12.8. The van der Waals surface area contributed by atoms with E-state index in [9.17, 15) is 8.78 Å². The van der Waals surface area contributed by atoms with Crippen LogP contribution in [0, 0.1) is 6.92 Å². The zero-order valence-corrected chi connectivity index (χ0v) is 12.1. The molecule has 108 valence electrons. The standard InChI is InChI=1S/C11H14F2N6S/c1-4-18-6-8(7(2)17-18)5-14-19-10(9(12)13)15-16-11(19)20-3/h5-6,9H,4H2,1-3H3/b14-5-. The van der Waals surface area contributed by atoms with Gasteiger partial charge in [-0.3, -0.25) is 4.68 Å². The van der Waals surface area contributed by atoms with Crippen LogP contribution in [0.25, 0.3) is 0 Å². The molecule has 2 aromatic rings. The van der Waals surface area contributed by atoms with E-state index in [-0.39, 0.29) is 0 Å². The minimum atomic E-state index is -2.72. The maximum Gasteiger partial charge on any atom is 0.299 e. The van der Waals surface area contributed by atoms with Crippen molar-refractivity contribution < 1.29 is 8.78 Å². The van der Waals surface area contributed by atoms with Gasteiger partial charge in [-0.2, -0.15) is 14.9 Å². The van der Waals surface area contributed by atoms with Gasteiger partial charge >= 0.3 is 0 Å². The number of aromatic nitrogens is 5. The predicted molar refractivity (Wildman–Crippen MR) is 72.4 cm³/mol. The highest BCUT2D eigenvalue weighted by molar-refractivity contribution is 7.98. The first-order chi connectivity index (χ1) is 9.56. The van der Waals surface area contributed by atoms with E-state index >= 15 is 0 Å². The van der Waals surface area contributed by atoms with Crippen molar-refractivity contribution in [3.05, 3.63) is 23.3 Å². The summed E-state index contributed by atoms with van der Waals surface area (Å²) >= 11 is 1.20. The highest BCUT2D eigenvalue weighted by Gasteiger charge is 2.19. The Morgan fingerprint density at radius 1 is 1.45 bits per heavy atom. The third kappa shape index (κ3) is 2.87. The fraction of sp³-hybridized carbons (Fsp3) is 0.455. The SMILES string of the molecule is CCn1cc(/C=N\n2c(SC)nnc2C(F)F)c(C)n1. The van der Waals surface area contributed by atoms with Crippen molar-refractivity contribution >= 4 is 18.0 Å². The molecule has 0 radical (unpaired) electrons. The zero-order valence-electron chi connectivity index (χ0n) is 11.3.